The number of hydrogen-bond acceptors (Lipinski definition) is 8. The molecule has 0 bridgehead atoms. The molecule has 1 saturated heterocycles. The van der Waals surface area contributed by atoms with Gasteiger partial charge in [0.1, 0.15) is 23.5 Å². The van der Waals surface area contributed by atoms with E-state index in [-0.39, 0.29) is 6.61 Å². The van der Waals surface area contributed by atoms with Gasteiger partial charge in [-0.2, -0.15) is 0 Å². The quantitative estimate of drug-likeness (QED) is 0.577. The molecule has 8 nitrogen and oxygen atoms in total. The number of aryl methyl sites for hydroxylation is 1. The van der Waals surface area contributed by atoms with Crippen LogP contribution in [0.25, 0.3) is 11.1 Å². The lowest BCUT2D eigenvalue weighted by molar-refractivity contribution is 0.0526. The van der Waals surface area contributed by atoms with Crippen molar-refractivity contribution in [2.24, 2.45) is 0 Å². The van der Waals surface area contributed by atoms with Gasteiger partial charge >= 0.3 is 5.97 Å². The van der Waals surface area contributed by atoms with Crippen LogP contribution in [-0.2, 0) is 11.3 Å². The number of nitrogens with one attached hydrogen (secondary N) is 1. The van der Waals surface area contributed by atoms with Crippen LogP contribution in [0.5, 0.6) is 0 Å². The molecule has 1 fully saturated rings. The first kappa shape index (κ1) is 21.3. The molecule has 0 saturated carbocycles. The molecule has 0 radical (unpaired) electrons. The predicted molar refractivity (Wildman–Crippen MR) is 120 cm³/mol. The molecule has 1 aliphatic rings. The van der Waals surface area contributed by atoms with Gasteiger partial charge in [-0.1, -0.05) is 19.1 Å². The number of furan rings is 1. The fraction of sp³-hybridized carbons (Fsp3) is 0.435. The van der Waals surface area contributed by atoms with E-state index >= 15 is 0 Å². The third-order valence-electron chi connectivity index (χ3n) is 5.68. The predicted octanol–water partition coefficient (Wildman–Crippen LogP) is 3.59. The number of aromatic nitrogens is 2. The molecule has 0 spiro atoms. The van der Waals surface area contributed by atoms with E-state index in [2.05, 4.69) is 44.1 Å². The molecule has 0 atom stereocenters. The molecule has 0 amide bonds. The van der Waals surface area contributed by atoms with E-state index in [9.17, 15) is 4.79 Å². The van der Waals surface area contributed by atoms with Crippen LogP contribution >= 0.6 is 0 Å². The fourth-order valence-corrected chi connectivity index (χ4v) is 3.94. The van der Waals surface area contributed by atoms with Gasteiger partial charge in [0.25, 0.3) is 0 Å². The zero-order valence-corrected chi connectivity index (χ0v) is 18.4. The summed E-state index contributed by atoms with van der Waals surface area (Å²) in [6, 6.07) is 8.31. The van der Waals surface area contributed by atoms with Crippen molar-refractivity contribution in [1.29, 1.82) is 0 Å². The smallest absolute Gasteiger partial charge is 0.342 e. The summed E-state index contributed by atoms with van der Waals surface area (Å²) in [5.41, 5.74) is 2.88. The van der Waals surface area contributed by atoms with Crippen molar-refractivity contribution in [1.82, 2.24) is 19.8 Å². The highest BCUT2D eigenvalue weighted by atomic mass is 16.5. The van der Waals surface area contributed by atoms with E-state index in [4.69, 9.17) is 9.15 Å². The van der Waals surface area contributed by atoms with Gasteiger partial charge in [-0.25, -0.2) is 14.8 Å². The summed E-state index contributed by atoms with van der Waals surface area (Å²) in [5, 5.41) is 3.84. The third kappa shape index (κ3) is 4.70. The number of rotatable bonds is 7. The van der Waals surface area contributed by atoms with Gasteiger partial charge in [-0.05, 0) is 38.1 Å². The average Bonchev–Trinajstić information content (AvgIpc) is 3.12. The Morgan fingerprint density at radius 2 is 1.81 bits per heavy atom. The van der Waals surface area contributed by atoms with E-state index in [1.54, 1.807) is 13.8 Å². The Labute approximate surface area is 182 Å². The van der Waals surface area contributed by atoms with Gasteiger partial charge in [0.05, 0.1) is 12.0 Å². The van der Waals surface area contributed by atoms with Gasteiger partial charge in [0, 0.05) is 38.4 Å². The highest BCUT2D eigenvalue weighted by molar-refractivity contribution is 6.08. The first-order valence-electron chi connectivity index (χ1n) is 10.8. The Balaban J connectivity index is 1.50. The molecule has 164 valence electrons. The Bertz CT molecular complexity index is 1040. The number of carbonyl (C=O) groups excluding carboxylic acids is 1. The first-order chi connectivity index (χ1) is 15.1. The second-order valence-electron chi connectivity index (χ2n) is 7.69. The molecule has 2 aromatic heterocycles. The largest absolute Gasteiger partial charge is 0.462 e. The van der Waals surface area contributed by atoms with E-state index < -0.39 is 5.97 Å². The SMILES string of the molecule is CCOC(=O)c1c(C)oc2ncnc(Nc3ccc(CN4CCN(CC)CC4)cc3)c12. The van der Waals surface area contributed by atoms with Crippen molar-refractivity contribution in [3.63, 3.8) is 0 Å². The first-order valence-corrected chi connectivity index (χ1v) is 10.8. The highest BCUT2D eigenvalue weighted by Gasteiger charge is 2.24. The zero-order chi connectivity index (χ0) is 21.8. The van der Waals surface area contributed by atoms with Crippen LogP contribution in [0.3, 0.4) is 0 Å². The number of piperazine rings is 1. The molecule has 0 unspecified atom stereocenters. The lowest BCUT2D eigenvalue weighted by atomic mass is 10.1. The van der Waals surface area contributed by atoms with Crippen molar-refractivity contribution >= 4 is 28.6 Å². The molecule has 1 aromatic carbocycles. The van der Waals surface area contributed by atoms with Crippen LogP contribution in [0.2, 0.25) is 0 Å². The second-order valence-corrected chi connectivity index (χ2v) is 7.69. The lowest BCUT2D eigenvalue weighted by Crippen LogP contribution is -2.45. The number of carbonyl (C=O) groups is 1. The number of ether oxygens (including phenoxy) is 1. The topological polar surface area (TPSA) is 83.7 Å². The minimum absolute atomic E-state index is 0.288. The Morgan fingerprint density at radius 1 is 1.10 bits per heavy atom. The third-order valence-corrected chi connectivity index (χ3v) is 5.68. The van der Waals surface area contributed by atoms with Crippen molar-refractivity contribution in [3.8, 4) is 0 Å². The molecule has 3 aromatic rings. The number of esters is 1. The number of anilines is 2. The molecule has 1 aliphatic heterocycles. The minimum atomic E-state index is -0.435. The molecule has 3 heterocycles. The number of likely N-dealkylation sites (N-methyl/N-ethyl adjacent to an activating group) is 1. The van der Waals surface area contributed by atoms with E-state index in [0.717, 1.165) is 45.0 Å². The molecular formula is C23H29N5O3. The molecule has 8 heteroatoms. The number of benzene rings is 1. The van der Waals surface area contributed by atoms with Gasteiger partial charge in [-0.3, -0.25) is 4.90 Å². The van der Waals surface area contributed by atoms with Crippen LogP contribution in [0.4, 0.5) is 11.5 Å². The second kappa shape index (κ2) is 9.45. The molecular weight excluding hydrogens is 394 g/mol. The summed E-state index contributed by atoms with van der Waals surface area (Å²) in [7, 11) is 0. The Hall–Kier alpha value is -2.97. The van der Waals surface area contributed by atoms with Crippen LogP contribution in [0.15, 0.2) is 35.0 Å². The van der Waals surface area contributed by atoms with Crippen LogP contribution in [-0.4, -0.2) is 65.1 Å². The summed E-state index contributed by atoms with van der Waals surface area (Å²) in [4.78, 5) is 25.9. The number of hydrogen-bond donors (Lipinski definition) is 1. The van der Waals surface area contributed by atoms with Gasteiger partial charge in [-0.15, -0.1) is 0 Å². The molecule has 0 aliphatic carbocycles. The Kier molecular flexibility index (Phi) is 6.48. The maximum absolute atomic E-state index is 12.4. The summed E-state index contributed by atoms with van der Waals surface area (Å²) in [5.74, 6) is 0.555. The summed E-state index contributed by atoms with van der Waals surface area (Å²) >= 11 is 0. The summed E-state index contributed by atoms with van der Waals surface area (Å²) in [6.45, 7) is 12.5. The minimum Gasteiger partial charge on any atom is -0.462 e. The van der Waals surface area contributed by atoms with Gasteiger partial charge in [0.2, 0.25) is 5.71 Å². The van der Waals surface area contributed by atoms with Crippen LogP contribution in [0, 0.1) is 6.92 Å². The Morgan fingerprint density at radius 3 is 2.48 bits per heavy atom. The van der Waals surface area contributed by atoms with Crippen molar-refractivity contribution in [3.05, 3.63) is 47.5 Å². The van der Waals surface area contributed by atoms with Crippen LogP contribution < -0.4 is 5.32 Å². The standard InChI is InChI=1S/C23H29N5O3/c1-4-27-10-12-28(13-11-27)14-17-6-8-18(9-7-17)26-21-20-19(23(29)30-5-2)16(3)31-22(20)25-15-24-21/h6-9,15H,4-5,10-14H2,1-3H3,(H,24,25,26). The summed E-state index contributed by atoms with van der Waals surface area (Å²) < 4.78 is 10.9. The number of fused-ring (bicyclic) bond motifs is 1. The average molecular weight is 424 g/mol. The highest BCUT2D eigenvalue weighted by Crippen LogP contribution is 2.31. The normalized spacial score (nSPS) is 15.3. The summed E-state index contributed by atoms with van der Waals surface area (Å²) in [6.07, 6.45) is 1.42. The fourth-order valence-electron chi connectivity index (χ4n) is 3.94. The molecule has 4 rings (SSSR count). The van der Waals surface area contributed by atoms with Gasteiger partial charge in [0.15, 0.2) is 0 Å². The number of nitrogens with zero attached hydrogens (tertiary/aromatic N) is 4. The maximum atomic E-state index is 12.4. The van der Waals surface area contributed by atoms with Crippen molar-refractivity contribution in [2.45, 2.75) is 27.3 Å². The van der Waals surface area contributed by atoms with Gasteiger partial charge < -0.3 is 19.4 Å². The molecule has 1 N–H and O–H groups in total. The molecule has 31 heavy (non-hydrogen) atoms. The van der Waals surface area contributed by atoms with Crippen molar-refractivity contribution in [2.75, 3.05) is 44.6 Å². The zero-order valence-electron chi connectivity index (χ0n) is 18.4. The van der Waals surface area contributed by atoms with Crippen molar-refractivity contribution < 1.29 is 13.9 Å². The van der Waals surface area contributed by atoms with E-state index in [0.29, 0.717) is 28.2 Å². The lowest BCUT2D eigenvalue weighted by Gasteiger charge is -2.34. The monoisotopic (exact) mass is 423 g/mol. The maximum Gasteiger partial charge on any atom is 0.342 e. The van der Waals surface area contributed by atoms with E-state index in [1.165, 1.54) is 11.9 Å². The van der Waals surface area contributed by atoms with Crippen LogP contribution in [0.1, 0.15) is 35.5 Å². The van der Waals surface area contributed by atoms with E-state index in [1.807, 2.05) is 12.1 Å².